The summed E-state index contributed by atoms with van der Waals surface area (Å²) in [4.78, 5) is 70.6. The summed E-state index contributed by atoms with van der Waals surface area (Å²) in [6.07, 6.45) is -4.00. The molecule has 0 unspecified atom stereocenters. The summed E-state index contributed by atoms with van der Waals surface area (Å²) < 4.78 is 14.7. The van der Waals surface area contributed by atoms with Crippen LogP contribution in [0.2, 0.25) is 0 Å². The molecule has 4 N–H and O–H groups in total. The van der Waals surface area contributed by atoms with E-state index in [-0.39, 0.29) is 0 Å². The lowest BCUT2D eigenvalue weighted by Gasteiger charge is -2.24. The first-order valence-electron chi connectivity index (χ1n) is 10.1. The predicted octanol–water partition coefficient (Wildman–Crippen LogP) is 1.57. The number of amides is 2. The van der Waals surface area contributed by atoms with Gasteiger partial charge in [-0.3, -0.25) is 9.59 Å². The maximum absolute atomic E-state index is 12.5. The minimum atomic E-state index is -1.55. The molecule has 0 saturated heterocycles. The third-order valence-electron chi connectivity index (χ3n) is 3.45. The molecule has 0 aromatic carbocycles. The number of carbonyl (C=O) groups is 6. The number of carboxylic acids is 2. The lowest BCUT2D eigenvalue weighted by atomic mass is 10.1. The van der Waals surface area contributed by atoms with Gasteiger partial charge in [-0.25, -0.2) is 19.2 Å². The lowest BCUT2D eigenvalue weighted by Crippen LogP contribution is -2.48. The Bertz CT molecular complexity index is 688. The van der Waals surface area contributed by atoms with Gasteiger partial charge in [-0.15, -0.1) is 0 Å². The van der Waals surface area contributed by atoms with Crippen LogP contribution in [0, 0.1) is 0 Å². The van der Waals surface area contributed by atoms with Crippen molar-refractivity contribution in [2.24, 2.45) is 0 Å². The van der Waals surface area contributed by atoms with Crippen LogP contribution in [0.4, 0.5) is 9.59 Å². The van der Waals surface area contributed by atoms with E-state index in [0.717, 1.165) is 0 Å². The minimum absolute atomic E-state index is 0.417. The van der Waals surface area contributed by atoms with Crippen LogP contribution in [0.1, 0.15) is 67.2 Å². The topological polar surface area (TPSA) is 195 Å². The van der Waals surface area contributed by atoms with Gasteiger partial charge >= 0.3 is 36.1 Å². The number of carbonyl (C=O) groups excluding carboxylic acids is 4. The monoisotopic (exact) mass is 476 g/mol. The van der Waals surface area contributed by atoms with E-state index in [4.69, 9.17) is 24.4 Å². The minimum Gasteiger partial charge on any atom is -0.481 e. The van der Waals surface area contributed by atoms with E-state index >= 15 is 0 Å². The first kappa shape index (κ1) is 29.6. The van der Waals surface area contributed by atoms with E-state index in [2.05, 4.69) is 10.6 Å². The van der Waals surface area contributed by atoms with Crippen LogP contribution in [-0.4, -0.2) is 69.6 Å². The van der Waals surface area contributed by atoms with Crippen molar-refractivity contribution in [3.05, 3.63) is 0 Å². The van der Waals surface area contributed by atoms with Gasteiger partial charge in [0, 0.05) is 12.8 Å². The highest BCUT2D eigenvalue weighted by Gasteiger charge is 2.32. The Morgan fingerprint density at radius 2 is 0.970 bits per heavy atom. The number of carboxylic acid groups (broad SMARTS) is 2. The number of ether oxygens (including phenoxy) is 3. The molecule has 0 aliphatic carbocycles. The van der Waals surface area contributed by atoms with Crippen LogP contribution in [0.25, 0.3) is 0 Å². The highest BCUT2D eigenvalue weighted by atomic mass is 16.6. The Balaban J connectivity index is 5.40. The van der Waals surface area contributed by atoms with E-state index < -0.39 is 85.0 Å². The van der Waals surface area contributed by atoms with Gasteiger partial charge in [0.25, 0.3) is 0 Å². The summed E-state index contributed by atoms with van der Waals surface area (Å²) in [6, 6.07) is -3.11. The standard InChI is InChI=1S/C20H32N2O11/c1-19(2,3)32-17(29)21-11(7-9-13(23)24)15(27)31-16(28)12(8-10-14(25)26)22-18(30)33-20(4,5)6/h11-12H,7-10H2,1-6H3,(H,21,29)(H,22,30)(H,23,24)(H,25,26)/t11-,12-/m1/s1. The molecular weight excluding hydrogens is 444 g/mol. The van der Waals surface area contributed by atoms with Crippen LogP contribution in [-0.2, 0) is 33.4 Å². The Kier molecular flexibility index (Phi) is 11.3. The first-order chi connectivity index (χ1) is 14.9. The molecule has 13 heteroatoms. The number of esters is 2. The molecule has 0 aromatic rings. The zero-order valence-corrected chi connectivity index (χ0v) is 19.6. The van der Waals surface area contributed by atoms with Gasteiger partial charge in [0.15, 0.2) is 0 Å². The van der Waals surface area contributed by atoms with Crippen molar-refractivity contribution in [2.45, 2.75) is 90.5 Å². The van der Waals surface area contributed by atoms with Crippen LogP contribution >= 0.6 is 0 Å². The lowest BCUT2D eigenvalue weighted by molar-refractivity contribution is -0.163. The van der Waals surface area contributed by atoms with Gasteiger partial charge in [-0.05, 0) is 54.4 Å². The average molecular weight is 476 g/mol. The molecule has 0 heterocycles. The van der Waals surface area contributed by atoms with Crippen LogP contribution in [0.15, 0.2) is 0 Å². The summed E-state index contributed by atoms with van der Waals surface area (Å²) in [5, 5.41) is 22.0. The molecule has 0 aliphatic heterocycles. The molecule has 2 atom stereocenters. The van der Waals surface area contributed by atoms with E-state index in [1.165, 1.54) is 0 Å². The number of hydrogen-bond donors (Lipinski definition) is 4. The summed E-state index contributed by atoms with van der Waals surface area (Å²) in [5.41, 5.74) is -1.83. The largest absolute Gasteiger partial charge is 0.481 e. The number of hydrogen-bond acceptors (Lipinski definition) is 9. The molecule has 13 nitrogen and oxygen atoms in total. The molecule has 0 spiro atoms. The summed E-state index contributed by atoms with van der Waals surface area (Å²) in [5.74, 6) is -5.15. The number of rotatable bonds is 10. The zero-order valence-electron chi connectivity index (χ0n) is 19.6. The fourth-order valence-corrected chi connectivity index (χ4v) is 2.17. The molecule has 188 valence electrons. The predicted molar refractivity (Wildman–Crippen MR) is 111 cm³/mol. The van der Waals surface area contributed by atoms with Crippen LogP contribution < -0.4 is 10.6 Å². The molecule has 0 aliphatic rings. The fourth-order valence-electron chi connectivity index (χ4n) is 2.17. The second-order valence-corrected chi connectivity index (χ2v) is 9.00. The quantitative estimate of drug-likeness (QED) is 0.203. The Hall–Kier alpha value is -3.38. The van der Waals surface area contributed by atoms with Gasteiger partial charge in [-0.1, -0.05) is 0 Å². The van der Waals surface area contributed by atoms with Crippen molar-refractivity contribution in [2.75, 3.05) is 0 Å². The third-order valence-corrected chi connectivity index (χ3v) is 3.45. The molecule has 0 fully saturated rings. The number of alkyl carbamates (subject to hydrolysis) is 2. The molecule has 0 aromatic heterocycles. The van der Waals surface area contributed by atoms with Crippen LogP contribution in [0.5, 0.6) is 0 Å². The maximum atomic E-state index is 12.5. The van der Waals surface area contributed by atoms with Crippen LogP contribution in [0.3, 0.4) is 0 Å². The van der Waals surface area contributed by atoms with Crippen molar-refractivity contribution in [1.29, 1.82) is 0 Å². The third kappa shape index (κ3) is 15.1. The molecule has 33 heavy (non-hydrogen) atoms. The Morgan fingerprint density at radius 3 is 1.21 bits per heavy atom. The fraction of sp³-hybridized carbons (Fsp3) is 0.700. The smallest absolute Gasteiger partial charge is 0.408 e. The SMILES string of the molecule is CC(C)(C)OC(=O)N[C@H](CCC(=O)O)C(=O)OC(=O)[C@@H](CCC(=O)O)NC(=O)OC(C)(C)C. The first-order valence-corrected chi connectivity index (χ1v) is 10.1. The van der Waals surface area contributed by atoms with Crippen molar-refractivity contribution >= 4 is 36.1 Å². The average Bonchev–Trinajstić information content (AvgIpc) is 2.58. The van der Waals surface area contributed by atoms with Crippen molar-refractivity contribution < 1.29 is 53.2 Å². The molecule has 0 saturated carbocycles. The molecule has 0 rings (SSSR count). The van der Waals surface area contributed by atoms with Gasteiger partial charge in [0.1, 0.15) is 23.3 Å². The summed E-state index contributed by atoms with van der Waals surface area (Å²) >= 11 is 0. The maximum Gasteiger partial charge on any atom is 0.408 e. The Morgan fingerprint density at radius 1 is 0.667 bits per heavy atom. The van der Waals surface area contributed by atoms with E-state index in [1.54, 1.807) is 41.5 Å². The van der Waals surface area contributed by atoms with Crippen molar-refractivity contribution in [1.82, 2.24) is 10.6 Å². The highest BCUT2D eigenvalue weighted by Crippen LogP contribution is 2.11. The number of aliphatic carboxylic acids is 2. The second-order valence-electron chi connectivity index (χ2n) is 9.00. The summed E-state index contributed by atoms with van der Waals surface area (Å²) in [7, 11) is 0. The van der Waals surface area contributed by atoms with E-state index in [0.29, 0.717) is 0 Å². The van der Waals surface area contributed by atoms with Gasteiger partial charge < -0.3 is 35.1 Å². The van der Waals surface area contributed by atoms with Gasteiger partial charge in [-0.2, -0.15) is 0 Å². The van der Waals surface area contributed by atoms with E-state index in [1.807, 2.05) is 0 Å². The molecule has 0 bridgehead atoms. The second kappa shape index (κ2) is 12.6. The van der Waals surface area contributed by atoms with Crippen molar-refractivity contribution in [3.8, 4) is 0 Å². The normalized spacial score (nSPS) is 13.2. The number of nitrogens with one attached hydrogen (secondary N) is 2. The zero-order chi connectivity index (χ0) is 26.0. The summed E-state index contributed by atoms with van der Waals surface area (Å²) in [6.45, 7) is 9.39. The Labute approximate surface area is 191 Å². The van der Waals surface area contributed by atoms with Gasteiger partial charge in [0.05, 0.1) is 0 Å². The van der Waals surface area contributed by atoms with Gasteiger partial charge in [0.2, 0.25) is 0 Å². The van der Waals surface area contributed by atoms with E-state index in [9.17, 15) is 28.8 Å². The molecule has 2 amide bonds. The molecule has 0 radical (unpaired) electrons. The highest BCUT2D eigenvalue weighted by molar-refractivity contribution is 5.93. The van der Waals surface area contributed by atoms with Crippen molar-refractivity contribution in [3.63, 3.8) is 0 Å². The molecular formula is C20H32N2O11.